The van der Waals surface area contributed by atoms with Crippen LogP contribution in [0.5, 0.6) is 0 Å². The van der Waals surface area contributed by atoms with E-state index in [0.29, 0.717) is 30.1 Å². The molecule has 0 amide bonds. The Morgan fingerprint density at radius 2 is 1.96 bits per heavy atom. The zero-order valence-electron chi connectivity index (χ0n) is 16.8. The van der Waals surface area contributed by atoms with Gasteiger partial charge in [-0.2, -0.15) is 0 Å². The molecule has 2 atom stereocenters. The van der Waals surface area contributed by atoms with Crippen molar-refractivity contribution in [3.05, 3.63) is 41.8 Å². The molecular weight excluding hydrogens is 363 g/mol. The number of carboxylic acid groups (broad SMARTS) is 1. The van der Waals surface area contributed by atoms with Gasteiger partial charge in [0.2, 0.25) is 0 Å². The molecule has 2 unspecified atom stereocenters. The number of nitrogens with one attached hydrogen (secondary N) is 1. The number of carbonyl (C=O) groups is 1. The SMILES string of the molecule is CN(C)CCNN1C(C(CN)N(C)C)=NC=C(c2ccc(F)cc2)C1C(=O)O. The number of aliphatic carboxylic acids is 1. The minimum Gasteiger partial charge on any atom is -0.479 e. The van der Waals surface area contributed by atoms with Gasteiger partial charge in [0, 0.05) is 31.4 Å². The topological polar surface area (TPSA) is 97.4 Å². The van der Waals surface area contributed by atoms with Crippen molar-refractivity contribution >= 4 is 17.4 Å². The first-order valence-corrected chi connectivity index (χ1v) is 9.06. The smallest absolute Gasteiger partial charge is 0.332 e. The maximum Gasteiger partial charge on any atom is 0.332 e. The van der Waals surface area contributed by atoms with Crippen LogP contribution in [0.3, 0.4) is 0 Å². The third-order valence-electron chi connectivity index (χ3n) is 4.53. The lowest BCUT2D eigenvalue weighted by Gasteiger charge is -2.40. The Bertz CT molecular complexity index is 732. The molecule has 1 aliphatic rings. The van der Waals surface area contributed by atoms with Gasteiger partial charge in [0.15, 0.2) is 6.04 Å². The molecule has 154 valence electrons. The minimum absolute atomic E-state index is 0.264. The Labute approximate surface area is 165 Å². The van der Waals surface area contributed by atoms with Crippen molar-refractivity contribution < 1.29 is 14.3 Å². The van der Waals surface area contributed by atoms with Crippen LogP contribution in [-0.2, 0) is 4.79 Å². The summed E-state index contributed by atoms with van der Waals surface area (Å²) in [6.45, 7) is 1.52. The molecule has 0 aromatic heterocycles. The number of amidine groups is 1. The van der Waals surface area contributed by atoms with Crippen LogP contribution in [0.1, 0.15) is 5.56 Å². The van der Waals surface area contributed by atoms with E-state index in [9.17, 15) is 14.3 Å². The lowest BCUT2D eigenvalue weighted by atomic mass is 9.96. The molecule has 9 heteroatoms. The molecular formula is C19H29FN6O2. The number of nitrogens with zero attached hydrogens (tertiary/aromatic N) is 4. The molecule has 0 radical (unpaired) electrons. The van der Waals surface area contributed by atoms with Gasteiger partial charge in [-0.3, -0.25) is 9.91 Å². The monoisotopic (exact) mass is 392 g/mol. The minimum atomic E-state index is -1.03. The van der Waals surface area contributed by atoms with E-state index in [1.807, 2.05) is 38.0 Å². The number of rotatable bonds is 9. The molecule has 0 spiro atoms. The van der Waals surface area contributed by atoms with E-state index < -0.39 is 12.0 Å². The maximum atomic E-state index is 13.3. The number of hydrogen-bond acceptors (Lipinski definition) is 7. The number of carboxylic acids is 1. The van der Waals surface area contributed by atoms with Crippen molar-refractivity contribution in [2.24, 2.45) is 10.7 Å². The van der Waals surface area contributed by atoms with Gasteiger partial charge in [-0.15, -0.1) is 0 Å². The van der Waals surface area contributed by atoms with Gasteiger partial charge in [-0.1, -0.05) is 12.1 Å². The fourth-order valence-electron chi connectivity index (χ4n) is 3.02. The predicted molar refractivity (Wildman–Crippen MR) is 108 cm³/mol. The Hall–Kier alpha value is -2.33. The number of hydrazine groups is 1. The second-order valence-electron chi connectivity index (χ2n) is 7.12. The second kappa shape index (κ2) is 9.74. The fourth-order valence-corrected chi connectivity index (χ4v) is 3.02. The van der Waals surface area contributed by atoms with Crippen LogP contribution in [-0.4, -0.2) is 91.6 Å². The molecule has 1 aromatic rings. The molecule has 1 aromatic carbocycles. The van der Waals surface area contributed by atoms with Gasteiger partial charge in [0.1, 0.15) is 11.7 Å². The lowest BCUT2D eigenvalue weighted by Crippen LogP contribution is -2.61. The summed E-state index contributed by atoms with van der Waals surface area (Å²) in [7, 11) is 7.61. The number of benzene rings is 1. The summed E-state index contributed by atoms with van der Waals surface area (Å²) < 4.78 is 13.3. The van der Waals surface area contributed by atoms with Crippen LogP contribution in [0.4, 0.5) is 4.39 Å². The molecule has 4 N–H and O–H groups in total. The van der Waals surface area contributed by atoms with Gasteiger partial charge >= 0.3 is 5.97 Å². The number of likely N-dealkylation sites (N-methyl/N-ethyl adjacent to an activating group) is 2. The van der Waals surface area contributed by atoms with Crippen LogP contribution in [0.25, 0.3) is 5.57 Å². The second-order valence-corrected chi connectivity index (χ2v) is 7.12. The van der Waals surface area contributed by atoms with E-state index in [1.165, 1.54) is 18.3 Å². The van der Waals surface area contributed by atoms with Crippen LogP contribution in [0.2, 0.25) is 0 Å². The summed E-state index contributed by atoms with van der Waals surface area (Å²) in [6.07, 6.45) is 1.54. The van der Waals surface area contributed by atoms with Crippen molar-refractivity contribution in [3.63, 3.8) is 0 Å². The van der Waals surface area contributed by atoms with E-state index in [2.05, 4.69) is 10.4 Å². The zero-order valence-corrected chi connectivity index (χ0v) is 16.8. The highest BCUT2D eigenvalue weighted by Crippen LogP contribution is 2.27. The molecule has 1 heterocycles. The molecule has 2 rings (SSSR count). The van der Waals surface area contributed by atoms with Crippen molar-refractivity contribution in [1.82, 2.24) is 20.2 Å². The van der Waals surface area contributed by atoms with E-state index in [1.54, 1.807) is 17.1 Å². The molecule has 28 heavy (non-hydrogen) atoms. The van der Waals surface area contributed by atoms with Crippen LogP contribution in [0, 0.1) is 5.82 Å². The molecule has 0 aliphatic carbocycles. The highest BCUT2D eigenvalue weighted by atomic mass is 19.1. The maximum absolute atomic E-state index is 13.3. The van der Waals surface area contributed by atoms with Gasteiger partial charge in [-0.05, 0) is 45.9 Å². The summed E-state index contributed by atoms with van der Waals surface area (Å²) in [5.41, 5.74) is 10.2. The molecule has 8 nitrogen and oxygen atoms in total. The molecule has 0 saturated heterocycles. The Kier molecular flexibility index (Phi) is 7.64. The summed E-state index contributed by atoms with van der Waals surface area (Å²) >= 11 is 0. The summed E-state index contributed by atoms with van der Waals surface area (Å²) in [6, 6.07) is 4.44. The normalized spacial score (nSPS) is 18.3. The molecule has 0 bridgehead atoms. The lowest BCUT2D eigenvalue weighted by molar-refractivity contribution is -0.140. The average Bonchev–Trinajstić information content (AvgIpc) is 2.62. The largest absolute Gasteiger partial charge is 0.479 e. The summed E-state index contributed by atoms with van der Waals surface area (Å²) in [5.74, 6) is -0.882. The standard InChI is InChI=1S/C19H29FN6O2/c1-24(2)10-9-23-26-17(19(27)28)15(13-5-7-14(20)8-6-13)12-22-18(26)16(11-21)25(3)4/h5-8,12,16-17,23H,9-11,21H2,1-4H3,(H,27,28). The highest BCUT2D eigenvalue weighted by molar-refractivity contribution is 6.01. The van der Waals surface area contributed by atoms with E-state index >= 15 is 0 Å². The summed E-state index contributed by atoms with van der Waals surface area (Å²) in [5, 5.41) is 11.6. The van der Waals surface area contributed by atoms with Crippen LogP contribution in [0.15, 0.2) is 35.5 Å². The number of hydrogen-bond donors (Lipinski definition) is 3. The predicted octanol–water partition coefficient (Wildman–Crippen LogP) is 0.289. The summed E-state index contributed by atoms with van der Waals surface area (Å²) in [4.78, 5) is 20.7. The first kappa shape index (κ1) is 22.0. The molecule has 1 aliphatic heterocycles. The Morgan fingerprint density at radius 1 is 1.32 bits per heavy atom. The van der Waals surface area contributed by atoms with Gasteiger partial charge < -0.3 is 15.7 Å². The van der Waals surface area contributed by atoms with Crippen LogP contribution >= 0.6 is 0 Å². The third kappa shape index (κ3) is 5.14. The highest BCUT2D eigenvalue weighted by Gasteiger charge is 2.38. The number of nitrogens with two attached hydrogens (primary N) is 1. The third-order valence-corrected chi connectivity index (χ3v) is 4.53. The van der Waals surface area contributed by atoms with Crippen molar-refractivity contribution in [1.29, 1.82) is 0 Å². The van der Waals surface area contributed by atoms with Crippen molar-refractivity contribution in [3.8, 4) is 0 Å². The van der Waals surface area contributed by atoms with Crippen molar-refractivity contribution in [2.75, 3.05) is 47.8 Å². The number of halogens is 1. The fraction of sp³-hybridized carbons (Fsp3) is 0.474. The molecule has 0 fully saturated rings. The average molecular weight is 392 g/mol. The first-order valence-electron chi connectivity index (χ1n) is 9.06. The van der Waals surface area contributed by atoms with E-state index in [4.69, 9.17) is 5.73 Å². The van der Waals surface area contributed by atoms with E-state index in [-0.39, 0.29) is 18.4 Å². The molecule has 0 saturated carbocycles. The van der Waals surface area contributed by atoms with Gasteiger partial charge in [0.05, 0.1) is 6.04 Å². The van der Waals surface area contributed by atoms with E-state index in [0.717, 1.165) is 0 Å². The van der Waals surface area contributed by atoms with Gasteiger partial charge in [-0.25, -0.2) is 19.6 Å². The Balaban J connectivity index is 2.48. The van der Waals surface area contributed by atoms with Gasteiger partial charge in [0.25, 0.3) is 0 Å². The first-order chi connectivity index (χ1) is 13.3. The Morgan fingerprint density at radius 3 is 2.46 bits per heavy atom. The van der Waals surface area contributed by atoms with Crippen LogP contribution < -0.4 is 11.2 Å². The number of aliphatic imine (C=N–C) groups is 1. The van der Waals surface area contributed by atoms with Crippen molar-refractivity contribution in [2.45, 2.75) is 12.1 Å². The zero-order chi connectivity index (χ0) is 20.8. The quantitative estimate of drug-likeness (QED) is 0.556.